The highest BCUT2D eigenvalue weighted by molar-refractivity contribution is 6.35. The Bertz CT molecular complexity index is 337. The molecule has 0 aliphatic rings. The van der Waals surface area contributed by atoms with E-state index in [0.29, 0.717) is 28.6 Å². The van der Waals surface area contributed by atoms with Crippen LogP contribution in [0.4, 0.5) is 0 Å². The lowest BCUT2D eigenvalue weighted by Gasteiger charge is -2.09. The van der Waals surface area contributed by atoms with E-state index >= 15 is 0 Å². The van der Waals surface area contributed by atoms with Crippen molar-refractivity contribution in [1.82, 2.24) is 0 Å². The minimum atomic E-state index is 0.438. The fourth-order valence-electron chi connectivity index (χ4n) is 1.24. The van der Waals surface area contributed by atoms with E-state index in [2.05, 4.69) is 0 Å². The zero-order valence-electron chi connectivity index (χ0n) is 7.72. The number of benzene rings is 1. The van der Waals surface area contributed by atoms with Crippen molar-refractivity contribution in [2.24, 2.45) is 0 Å². The van der Waals surface area contributed by atoms with Crippen LogP contribution in [0.2, 0.25) is 10.0 Å². The van der Waals surface area contributed by atoms with Gasteiger partial charge in [-0.25, -0.2) is 0 Å². The fourth-order valence-corrected chi connectivity index (χ4v) is 1.86. The molecule has 0 fully saturated rings. The standard InChI is InChI=1S/C10H10Cl2O2/c1-14-10-7(3-2-4-13)5-8(11)6-9(10)12/h4-6H,2-3H2,1H3. The lowest BCUT2D eigenvalue weighted by Crippen LogP contribution is -1.94. The van der Waals surface area contributed by atoms with Crippen LogP contribution in [0.1, 0.15) is 12.0 Å². The fraction of sp³-hybridized carbons (Fsp3) is 0.300. The third-order valence-electron chi connectivity index (χ3n) is 1.82. The third-order valence-corrected chi connectivity index (χ3v) is 2.32. The van der Waals surface area contributed by atoms with Gasteiger partial charge in [-0.2, -0.15) is 0 Å². The smallest absolute Gasteiger partial charge is 0.140 e. The number of methoxy groups -OCH3 is 1. The number of rotatable bonds is 4. The predicted octanol–water partition coefficient (Wildman–Crippen LogP) is 3.13. The lowest BCUT2D eigenvalue weighted by atomic mass is 10.1. The number of aryl methyl sites for hydroxylation is 1. The average Bonchev–Trinajstić information content (AvgIpc) is 2.14. The zero-order valence-corrected chi connectivity index (χ0v) is 9.23. The average molecular weight is 233 g/mol. The second kappa shape index (κ2) is 5.23. The molecule has 76 valence electrons. The van der Waals surface area contributed by atoms with Crippen molar-refractivity contribution in [3.05, 3.63) is 27.7 Å². The van der Waals surface area contributed by atoms with Gasteiger partial charge in [0.25, 0.3) is 0 Å². The van der Waals surface area contributed by atoms with Crippen LogP contribution < -0.4 is 4.74 Å². The van der Waals surface area contributed by atoms with E-state index in [-0.39, 0.29) is 0 Å². The van der Waals surface area contributed by atoms with Gasteiger partial charge in [-0.15, -0.1) is 0 Å². The Morgan fingerprint density at radius 2 is 2.14 bits per heavy atom. The molecule has 0 saturated carbocycles. The minimum Gasteiger partial charge on any atom is -0.495 e. The van der Waals surface area contributed by atoms with Crippen molar-refractivity contribution in [2.45, 2.75) is 12.8 Å². The van der Waals surface area contributed by atoms with Crippen LogP contribution in [-0.4, -0.2) is 13.4 Å². The Morgan fingerprint density at radius 3 is 2.71 bits per heavy atom. The number of carbonyl (C=O) groups is 1. The number of hydrogen-bond acceptors (Lipinski definition) is 2. The first-order chi connectivity index (χ1) is 6.69. The second-order valence-electron chi connectivity index (χ2n) is 2.79. The molecule has 0 bridgehead atoms. The van der Waals surface area contributed by atoms with Gasteiger partial charge in [0.2, 0.25) is 0 Å². The largest absolute Gasteiger partial charge is 0.495 e. The van der Waals surface area contributed by atoms with Crippen molar-refractivity contribution in [3.63, 3.8) is 0 Å². The van der Waals surface area contributed by atoms with E-state index in [9.17, 15) is 4.79 Å². The van der Waals surface area contributed by atoms with E-state index in [0.717, 1.165) is 11.8 Å². The molecule has 0 aromatic heterocycles. The van der Waals surface area contributed by atoms with Crippen LogP contribution in [-0.2, 0) is 11.2 Å². The Labute approximate surface area is 92.8 Å². The molecular weight excluding hydrogens is 223 g/mol. The maximum absolute atomic E-state index is 10.2. The van der Waals surface area contributed by atoms with Gasteiger partial charge < -0.3 is 9.53 Å². The molecule has 0 radical (unpaired) electrons. The summed E-state index contributed by atoms with van der Waals surface area (Å²) in [6.45, 7) is 0. The molecule has 14 heavy (non-hydrogen) atoms. The first kappa shape index (κ1) is 11.3. The van der Waals surface area contributed by atoms with E-state index < -0.39 is 0 Å². The van der Waals surface area contributed by atoms with E-state index in [1.165, 1.54) is 0 Å². The van der Waals surface area contributed by atoms with Gasteiger partial charge >= 0.3 is 0 Å². The maximum Gasteiger partial charge on any atom is 0.140 e. The molecule has 0 aliphatic carbocycles. The normalized spacial score (nSPS) is 9.93. The molecule has 0 amide bonds. The van der Waals surface area contributed by atoms with E-state index in [4.69, 9.17) is 27.9 Å². The van der Waals surface area contributed by atoms with Crippen LogP contribution in [0.5, 0.6) is 5.75 Å². The molecule has 4 heteroatoms. The van der Waals surface area contributed by atoms with Crippen LogP contribution in [0.15, 0.2) is 12.1 Å². The first-order valence-electron chi connectivity index (χ1n) is 4.14. The summed E-state index contributed by atoms with van der Waals surface area (Å²) >= 11 is 11.7. The highest BCUT2D eigenvalue weighted by Gasteiger charge is 2.08. The lowest BCUT2D eigenvalue weighted by molar-refractivity contribution is -0.107. The summed E-state index contributed by atoms with van der Waals surface area (Å²) in [5, 5.41) is 1.03. The third kappa shape index (κ3) is 2.63. The van der Waals surface area contributed by atoms with Crippen LogP contribution in [0.3, 0.4) is 0 Å². The molecule has 2 nitrogen and oxygen atoms in total. The van der Waals surface area contributed by atoms with Gasteiger partial charge in [0, 0.05) is 11.4 Å². The Hall–Kier alpha value is -0.730. The first-order valence-corrected chi connectivity index (χ1v) is 4.90. The van der Waals surface area contributed by atoms with Crippen LogP contribution in [0.25, 0.3) is 0 Å². The number of halogens is 2. The van der Waals surface area contributed by atoms with Crippen molar-refractivity contribution in [1.29, 1.82) is 0 Å². The second-order valence-corrected chi connectivity index (χ2v) is 3.63. The van der Waals surface area contributed by atoms with Crippen molar-refractivity contribution < 1.29 is 9.53 Å². The van der Waals surface area contributed by atoms with E-state index in [1.807, 2.05) is 0 Å². The van der Waals surface area contributed by atoms with Gasteiger partial charge in [-0.1, -0.05) is 23.2 Å². The highest BCUT2D eigenvalue weighted by atomic mass is 35.5. The van der Waals surface area contributed by atoms with Gasteiger partial charge in [0.15, 0.2) is 0 Å². The molecule has 0 atom stereocenters. The summed E-state index contributed by atoms with van der Waals surface area (Å²) in [4.78, 5) is 10.2. The monoisotopic (exact) mass is 232 g/mol. The molecule has 0 N–H and O–H groups in total. The van der Waals surface area contributed by atoms with Crippen molar-refractivity contribution in [3.8, 4) is 5.75 Å². The summed E-state index contributed by atoms with van der Waals surface area (Å²) < 4.78 is 5.12. The topological polar surface area (TPSA) is 26.3 Å². The van der Waals surface area contributed by atoms with Crippen LogP contribution >= 0.6 is 23.2 Å². The summed E-state index contributed by atoms with van der Waals surface area (Å²) in [6.07, 6.45) is 1.88. The van der Waals surface area contributed by atoms with Gasteiger partial charge in [-0.3, -0.25) is 0 Å². The van der Waals surface area contributed by atoms with Gasteiger partial charge in [-0.05, 0) is 24.1 Å². The molecule has 1 aromatic rings. The number of carbonyl (C=O) groups excluding carboxylic acids is 1. The molecule has 0 saturated heterocycles. The molecule has 0 unspecified atom stereocenters. The van der Waals surface area contributed by atoms with Crippen molar-refractivity contribution >= 4 is 29.5 Å². The highest BCUT2D eigenvalue weighted by Crippen LogP contribution is 2.32. The van der Waals surface area contributed by atoms with Gasteiger partial charge in [0.1, 0.15) is 12.0 Å². The number of hydrogen-bond donors (Lipinski definition) is 0. The number of aldehydes is 1. The summed E-state index contributed by atoms with van der Waals surface area (Å²) in [5.41, 5.74) is 0.858. The van der Waals surface area contributed by atoms with E-state index in [1.54, 1.807) is 19.2 Å². The maximum atomic E-state index is 10.2. The molecule has 1 rings (SSSR count). The predicted molar refractivity (Wildman–Crippen MR) is 57.4 cm³/mol. The number of ether oxygens (including phenoxy) is 1. The Morgan fingerprint density at radius 1 is 1.43 bits per heavy atom. The quantitative estimate of drug-likeness (QED) is 0.746. The zero-order chi connectivity index (χ0) is 10.6. The Balaban J connectivity index is 3.04. The summed E-state index contributed by atoms with van der Waals surface area (Å²) in [6, 6.07) is 3.38. The molecular formula is C10H10Cl2O2. The van der Waals surface area contributed by atoms with Crippen molar-refractivity contribution in [2.75, 3.05) is 7.11 Å². The Kier molecular flexibility index (Phi) is 4.23. The molecule has 0 spiro atoms. The minimum absolute atomic E-state index is 0.438. The molecule has 0 aliphatic heterocycles. The molecule has 0 heterocycles. The van der Waals surface area contributed by atoms with Crippen LogP contribution in [0, 0.1) is 0 Å². The molecule has 1 aromatic carbocycles. The summed E-state index contributed by atoms with van der Waals surface area (Å²) in [7, 11) is 1.54. The SMILES string of the molecule is COc1c(Cl)cc(Cl)cc1CCC=O. The van der Waals surface area contributed by atoms with Gasteiger partial charge in [0.05, 0.1) is 12.1 Å². The summed E-state index contributed by atoms with van der Waals surface area (Å²) in [5.74, 6) is 0.595.